The van der Waals surface area contributed by atoms with Gasteiger partial charge in [-0.15, -0.1) is 0 Å². The van der Waals surface area contributed by atoms with Crippen LogP contribution in [0.25, 0.3) is 5.82 Å². The van der Waals surface area contributed by atoms with Crippen molar-refractivity contribution in [2.75, 3.05) is 0 Å². The smallest absolute Gasteiger partial charge is 0.163 e. The van der Waals surface area contributed by atoms with E-state index in [9.17, 15) is 4.79 Å². The average Bonchev–Trinajstić information content (AvgIpc) is 2.64. The van der Waals surface area contributed by atoms with Gasteiger partial charge in [-0.2, -0.15) is 5.10 Å². The van der Waals surface area contributed by atoms with Gasteiger partial charge in [-0.1, -0.05) is 11.6 Å². The van der Waals surface area contributed by atoms with Crippen molar-refractivity contribution in [1.82, 2.24) is 14.8 Å². The summed E-state index contributed by atoms with van der Waals surface area (Å²) in [6.45, 7) is 5.20. The molecule has 0 aromatic carbocycles. The van der Waals surface area contributed by atoms with Gasteiger partial charge in [0.25, 0.3) is 0 Å². The molecule has 17 heavy (non-hydrogen) atoms. The Kier molecular flexibility index (Phi) is 2.98. The van der Waals surface area contributed by atoms with Crippen LogP contribution in [0.3, 0.4) is 0 Å². The summed E-state index contributed by atoms with van der Waals surface area (Å²) < 4.78 is 1.64. The van der Waals surface area contributed by atoms with E-state index in [4.69, 9.17) is 11.6 Å². The third-order valence-electron chi connectivity index (χ3n) is 2.61. The second kappa shape index (κ2) is 4.30. The SMILES string of the molecule is CC(=O)c1cnn(-c2ccc(Cl)c(C)n2)c1C. The number of rotatable bonds is 2. The summed E-state index contributed by atoms with van der Waals surface area (Å²) in [4.78, 5) is 15.7. The van der Waals surface area contributed by atoms with Crippen molar-refractivity contribution < 1.29 is 4.79 Å². The molecule has 0 spiro atoms. The topological polar surface area (TPSA) is 47.8 Å². The number of nitrogens with zero attached hydrogens (tertiary/aromatic N) is 3. The minimum atomic E-state index is -0.000523. The highest BCUT2D eigenvalue weighted by Gasteiger charge is 2.12. The molecule has 0 saturated carbocycles. The molecule has 0 bridgehead atoms. The van der Waals surface area contributed by atoms with E-state index in [1.807, 2.05) is 13.8 Å². The lowest BCUT2D eigenvalue weighted by atomic mass is 10.2. The molecule has 2 aromatic rings. The van der Waals surface area contributed by atoms with Gasteiger partial charge in [-0.25, -0.2) is 9.67 Å². The predicted octanol–water partition coefficient (Wildman–Crippen LogP) is 2.74. The van der Waals surface area contributed by atoms with Gasteiger partial charge in [0.05, 0.1) is 28.2 Å². The second-order valence-electron chi connectivity index (χ2n) is 3.85. The first kappa shape index (κ1) is 11.8. The molecule has 0 saturated heterocycles. The van der Waals surface area contributed by atoms with Gasteiger partial charge >= 0.3 is 0 Å². The van der Waals surface area contributed by atoms with E-state index >= 15 is 0 Å². The summed E-state index contributed by atoms with van der Waals surface area (Å²) >= 11 is 5.92. The highest BCUT2D eigenvalue weighted by molar-refractivity contribution is 6.31. The van der Waals surface area contributed by atoms with Crippen LogP contribution in [-0.4, -0.2) is 20.5 Å². The fourth-order valence-corrected chi connectivity index (χ4v) is 1.74. The molecule has 2 aromatic heterocycles. The van der Waals surface area contributed by atoms with Gasteiger partial charge in [-0.3, -0.25) is 4.79 Å². The van der Waals surface area contributed by atoms with Crippen LogP contribution in [0.15, 0.2) is 18.3 Å². The summed E-state index contributed by atoms with van der Waals surface area (Å²) in [5.74, 6) is 0.663. The fourth-order valence-electron chi connectivity index (χ4n) is 1.63. The Morgan fingerprint density at radius 3 is 2.59 bits per heavy atom. The highest BCUT2D eigenvalue weighted by atomic mass is 35.5. The molecule has 4 nitrogen and oxygen atoms in total. The number of aryl methyl sites for hydroxylation is 1. The number of Topliss-reactive ketones (excluding diaryl/α,β-unsaturated/α-hetero) is 1. The van der Waals surface area contributed by atoms with Crippen LogP contribution in [0, 0.1) is 13.8 Å². The summed E-state index contributed by atoms with van der Waals surface area (Å²) in [6, 6.07) is 3.55. The standard InChI is InChI=1S/C12H12ClN3O/c1-7-11(13)4-5-12(15-7)16-8(2)10(6-14-16)9(3)17/h4-6H,1-3H3. The highest BCUT2D eigenvalue weighted by Crippen LogP contribution is 2.17. The number of halogens is 1. The third kappa shape index (κ3) is 2.08. The lowest BCUT2D eigenvalue weighted by Crippen LogP contribution is -2.04. The second-order valence-corrected chi connectivity index (χ2v) is 4.26. The maximum Gasteiger partial charge on any atom is 0.163 e. The normalized spacial score (nSPS) is 10.6. The third-order valence-corrected chi connectivity index (χ3v) is 3.01. The van der Waals surface area contributed by atoms with Gasteiger partial charge in [0.2, 0.25) is 0 Å². The van der Waals surface area contributed by atoms with E-state index in [0.717, 1.165) is 11.4 Å². The lowest BCUT2D eigenvalue weighted by Gasteiger charge is -2.05. The van der Waals surface area contributed by atoms with E-state index in [2.05, 4.69) is 10.1 Å². The van der Waals surface area contributed by atoms with Crippen molar-refractivity contribution >= 4 is 17.4 Å². The molecule has 88 valence electrons. The quantitative estimate of drug-likeness (QED) is 0.769. The zero-order chi connectivity index (χ0) is 12.6. The van der Waals surface area contributed by atoms with Crippen LogP contribution in [-0.2, 0) is 0 Å². The number of carbonyl (C=O) groups excluding carboxylic acids is 1. The number of aromatic nitrogens is 3. The fraction of sp³-hybridized carbons (Fsp3) is 0.250. The molecule has 0 atom stereocenters. The molecule has 0 radical (unpaired) electrons. The molecule has 0 aliphatic heterocycles. The zero-order valence-electron chi connectivity index (χ0n) is 9.86. The zero-order valence-corrected chi connectivity index (χ0v) is 10.6. The molecule has 0 aliphatic rings. The summed E-state index contributed by atoms with van der Waals surface area (Å²) in [5.41, 5.74) is 2.13. The van der Waals surface area contributed by atoms with Crippen molar-refractivity contribution in [3.8, 4) is 5.82 Å². The molecule has 0 aliphatic carbocycles. The van der Waals surface area contributed by atoms with E-state index in [-0.39, 0.29) is 5.78 Å². The van der Waals surface area contributed by atoms with E-state index < -0.39 is 0 Å². The van der Waals surface area contributed by atoms with Gasteiger partial charge in [0.15, 0.2) is 11.6 Å². The van der Waals surface area contributed by atoms with Crippen molar-refractivity contribution in [2.24, 2.45) is 0 Å². The Morgan fingerprint density at radius 1 is 1.35 bits per heavy atom. The van der Waals surface area contributed by atoms with Gasteiger partial charge < -0.3 is 0 Å². The first-order chi connectivity index (χ1) is 8.00. The van der Waals surface area contributed by atoms with Crippen LogP contribution in [0.1, 0.15) is 28.7 Å². The molecule has 0 amide bonds. The van der Waals surface area contributed by atoms with Crippen molar-refractivity contribution in [2.45, 2.75) is 20.8 Å². The first-order valence-electron chi connectivity index (χ1n) is 5.20. The van der Waals surface area contributed by atoms with Gasteiger partial charge in [0, 0.05) is 0 Å². The van der Waals surface area contributed by atoms with Gasteiger partial charge in [-0.05, 0) is 32.9 Å². The summed E-state index contributed by atoms with van der Waals surface area (Å²) in [7, 11) is 0. The molecule has 0 N–H and O–H groups in total. The molecular weight excluding hydrogens is 238 g/mol. The van der Waals surface area contributed by atoms with Crippen LogP contribution >= 0.6 is 11.6 Å². The van der Waals surface area contributed by atoms with E-state index in [0.29, 0.717) is 16.4 Å². The Bertz CT molecular complexity index is 589. The molecule has 0 unspecified atom stereocenters. The van der Waals surface area contributed by atoms with Crippen LogP contribution < -0.4 is 0 Å². The molecule has 2 heterocycles. The Morgan fingerprint density at radius 2 is 2.06 bits per heavy atom. The summed E-state index contributed by atoms with van der Waals surface area (Å²) in [6.07, 6.45) is 1.56. The predicted molar refractivity (Wildman–Crippen MR) is 65.8 cm³/mol. The number of hydrogen-bond acceptors (Lipinski definition) is 3. The number of hydrogen-bond donors (Lipinski definition) is 0. The minimum Gasteiger partial charge on any atom is -0.294 e. The van der Waals surface area contributed by atoms with Crippen molar-refractivity contribution in [3.63, 3.8) is 0 Å². The first-order valence-corrected chi connectivity index (χ1v) is 5.57. The summed E-state index contributed by atoms with van der Waals surface area (Å²) in [5, 5.41) is 4.78. The molecule has 2 rings (SSSR count). The lowest BCUT2D eigenvalue weighted by molar-refractivity contribution is 0.101. The van der Waals surface area contributed by atoms with Crippen molar-refractivity contribution in [3.05, 3.63) is 40.3 Å². The molecular formula is C12H12ClN3O. The maximum atomic E-state index is 11.3. The largest absolute Gasteiger partial charge is 0.294 e. The monoisotopic (exact) mass is 249 g/mol. The average molecular weight is 250 g/mol. The minimum absolute atomic E-state index is 0.000523. The van der Waals surface area contributed by atoms with Crippen LogP contribution in [0.2, 0.25) is 5.02 Å². The molecule has 5 heteroatoms. The van der Waals surface area contributed by atoms with Gasteiger partial charge in [0.1, 0.15) is 0 Å². The van der Waals surface area contributed by atoms with Crippen molar-refractivity contribution in [1.29, 1.82) is 0 Å². The Balaban J connectivity index is 2.53. The van der Waals surface area contributed by atoms with E-state index in [1.165, 1.54) is 6.92 Å². The number of pyridine rings is 1. The Labute approximate surface area is 104 Å². The van der Waals surface area contributed by atoms with E-state index in [1.54, 1.807) is 23.0 Å². The molecule has 0 fully saturated rings. The van der Waals surface area contributed by atoms with Crippen LogP contribution in [0.4, 0.5) is 0 Å². The Hall–Kier alpha value is -1.68. The maximum absolute atomic E-state index is 11.3. The van der Waals surface area contributed by atoms with Crippen LogP contribution in [0.5, 0.6) is 0 Å². The number of carbonyl (C=O) groups is 1. The number of ketones is 1.